The van der Waals surface area contributed by atoms with Crippen LogP contribution in [0.2, 0.25) is 0 Å². The summed E-state index contributed by atoms with van der Waals surface area (Å²) in [5, 5.41) is 2.72. The third-order valence-electron chi connectivity index (χ3n) is 10.1. The Morgan fingerprint density at radius 3 is 2.67 bits per heavy atom. The molecular formula is C31H35NO. The largest absolute Gasteiger partial charge is 0.359 e. The van der Waals surface area contributed by atoms with Gasteiger partial charge in [0.15, 0.2) is 0 Å². The zero-order valence-corrected chi connectivity index (χ0v) is 20.2. The van der Waals surface area contributed by atoms with Gasteiger partial charge in [-0.1, -0.05) is 73.7 Å². The summed E-state index contributed by atoms with van der Waals surface area (Å²) in [5.74, 6) is 1.20. The van der Waals surface area contributed by atoms with Gasteiger partial charge in [-0.25, -0.2) is 0 Å². The van der Waals surface area contributed by atoms with E-state index < -0.39 is 0 Å². The van der Waals surface area contributed by atoms with Crippen LogP contribution < -0.4 is 0 Å². The predicted molar refractivity (Wildman–Crippen MR) is 135 cm³/mol. The Bertz CT molecular complexity index is 1240. The number of allylic oxidation sites excluding steroid dienone is 1. The molecule has 2 aromatic rings. The highest BCUT2D eigenvalue weighted by Gasteiger charge is 2.66. The van der Waals surface area contributed by atoms with E-state index in [-0.39, 0.29) is 16.6 Å². The maximum Gasteiger partial charge on any atom is 0.0975 e. The SMILES string of the molecule is CN(C)[C@@H]1C=CC2=CC3=CC[C@]4(C)[C@@H](c5ccc6ccccc6c5)CC[C@H]4[C@@]34CC[C@]2(C1)O4. The summed E-state index contributed by atoms with van der Waals surface area (Å²) in [7, 11) is 4.39. The van der Waals surface area contributed by atoms with E-state index in [9.17, 15) is 0 Å². The number of ether oxygens (including phenoxy) is 1. The van der Waals surface area contributed by atoms with Gasteiger partial charge in [0, 0.05) is 6.04 Å². The van der Waals surface area contributed by atoms with Crippen molar-refractivity contribution < 1.29 is 4.74 Å². The van der Waals surface area contributed by atoms with Crippen molar-refractivity contribution in [2.75, 3.05) is 14.1 Å². The monoisotopic (exact) mass is 437 g/mol. The lowest BCUT2D eigenvalue weighted by Gasteiger charge is -2.54. The molecule has 2 heteroatoms. The van der Waals surface area contributed by atoms with E-state index in [4.69, 9.17) is 4.74 Å². The van der Waals surface area contributed by atoms with Gasteiger partial charge in [-0.15, -0.1) is 0 Å². The third-order valence-corrected chi connectivity index (χ3v) is 10.1. The zero-order valence-electron chi connectivity index (χ0n) is 20.2. The molecule has 3 aliphatic carbocycles. The fourth-order valence-electron chi connectivity index (χ4n) is 8.37. The van der Waals surface area contributed by atoms with Crippen molar-refractivity contribution in [3.8, 4) is 0 Å². The predicted octanol–water partition coefficient (Wildman–Crippen LogP) is 6.79. The van der Waals surface area contributed by atoms with Crippen molar-refractivity contribution in [1.82, 2.24) is 4.90 Å². The van der Waals surface area contributed by atoms with Gasteiger partial charge in [0.05, 0.1) is 11.2 Å². The molecule has 2 bridgehead atoms. The highest BCUT2D eigenvalue weighted by molar-refractivity contribution is 5.83. The summed E-state index contributed by atoms with van der Waals surface area (Å²) in [6.07, 6.45) is 17.0. The lowest BCUT2D eigenvalue weighted by atomic mass is 9.58. The van der Waals surface area contributed by atoms with Gasteiger partial charge in [0.1, 0.15) is 0 Å². The van der Waals surface area contributed by atoms with Crippen LogP contribution in [0.15, 0.2) is 77.9 Å². The standard InChI is InChI=1S/C31H35NO/c1-29-15-14-25-19-24-10-11-26(32(2)3)20-30(24)16-17-31(25,33-30)28(29)13-12-27(29)23-9-8-21-6-4-5-7-22(21)18-23/h4-11,14,18-19,26-28H,12-13,15-17,20H2,1-3H3/t26-,27-,28-,29-,30-,31-/m1/s1. The van der Waals surface area contributed by atoms with E-state index in [0.29, 0.717) is 17.9 Å². The highest BCUT2D eigenvalue weighted by atomic mass is 16.5. The Morgan fingerprint density at radius 1 is 0.970 bits per heavy atom. The lowest BCUT2D eigenvalue weighted by Crippen LogP contribution is -2.54. The van der Waals surface area contributed by atoms with Crippen LogP contribution in [0.3, 0.4) is 0 Å². The smallest absolute Gasteiger partial charge is 0.0975 e. The van der Waals surface area contributed by atoms with Crippen LogP contribution in [0, 0.1) is 11.3 Å². The van der Waals surface area contributed by atoms with Crippen molar-refractivity contribution in [3.05, 3.63) is 83.5 Å². The number of fused-ring (bicyclic) bond motifs is 2. The average Bonchev–Trinajstić information content (AvgIpc) is 3.33. The molecule has 2 fully saturated rings. The zero-order chi connectivity index (χ0) is 22.4. The first-order valence-corrected chi connectivity index (χ1v) is 12.9. The highest BCUT2D eigenvalue weighted by Crippen LogP contribution is 2.69. The Balaban J connectivity index is 1.29. The Kier molecular flexibility index (Phi) is 4.11. The van der Waals surface area contributed by atoms with E-state index in [1.807, 2.05) is 0 Å². The Hall–Kier alpha value is -2.16. The summed E-state index contributed by atoms with van der Waals surface area (Å²) in [5.41, 5.74) is 4.53. The van der Waals surface area contributed by atoms with Gasteiger partial charge in [-0.3, -0.25) is 0 Å². The van der Waals surface area contributed by atoms with Gasteiger partial charge >= 0.3 is 0 Å². The normalized spacial score (nSPS) is 40.9. The number of nitrogens with zero attached hydrogens (tertiary/aromatic N) is 1. The van der Waals surface area contributed by atoms with Gasteiger partial charge in [-0.05, 0) is 97.4 Å². The molecule has 0 amide bonds. The summed E-state index contributed by atoms with van der Waals surface area (Å²) in [6.45, 7) is 2.57. The molecule has 0 unspecified atom stereocenters. The number of benzene rings is 2. The summed E-state index contributed by atoms with van der Waals surface area (Å²) >= 11 is 0. The van der Waals surface area contributed by atoms with Crippen molar-refractivity contribution in [1.29, 1.82) is 0 Å². The minimum absolute atomic E-state index is 0.0792. The molecule has 6 atom stereocenters. The third kappa shape index (κ3) is 2.63. The molecule has 33 heavy (non-hydrogen) atoms. The first-order chi connectivity index (χ1) is 15.9. The van der Waals surface area contributed by atoms with Gasteiger partial charge in [0.2, 0.25) is 0 Å². The summed E-state index contributed by atoms with van der Waals surface area (Å²) in [6, 6.07) is 16.5. The molecule has 7 rings (SSSR count). The number of likely N-dealkylation sites (N-methyl/N-ethyl adjacent to an activating group) is 1. The fourth-order valence-corrected chi connectivity index (χ4v) is 8.37. The van der Waals surface area contributed by atoms with E-state index in [1.54, 1.807) is 0 Å². The second-order valence-electron chi connectivity index (χ2n) is 11.8. The lowest BCUT2D eigenvalue weighted by molar-refractivity contribution is -0.132. The van der Waals surface area contributed by atoms with Gasteiger partial charge < -0.3 is 9.64 Å². The van der Waals surface area contributed by atoms with Gasteiger partial charge in [0.25, 0.3) is 0 Å². The molecule has 170 valence electrons. The van der Waals surface area contributed by atoms with E-state index in [2.05, 4.69) is 92.7 Å². The van der Waals surface area contributed by atoms with Crippen LogP contribution in [0.1, 0.15) is 56.9 Å². The molecule has 2 heterocycles. The summed E-state index contributed by atoms with van der Waals surface area (Å²) in [4.78, 5) is 2.35. The Morgan fingerprint density at radius 2 is 1.82 bits per heavy atom. The molecule has 0 radical (unpaired) electrons. The first-order valence-electron chi connectivity index (χ1n) is 12.9. The van der Waals surface area contributed by atoms with Crippen LogP contribution in [-0.4, -0.2) is 36.2 Å². The molecule has 1 saturated heterocycles. The van der Waals surface area contributed by atoms with Crippen molar-refractivity contribution in [3.63, 3.8) is 0 Å². The van der Waals surface area contributed by atoms with Crippen LogP contribution in [0.4, 0.5) is 0 Å². The van der Waals surface area contributed by atoms with Gasteiger partial charge in [-0.2, -0.15) is 0 Å². The van der Waals surface area contributed by atoms with E-state index in [0.717, 1.165) is 19.3 Å². The quantitative estimate of drug-likeness (QED) is 0.513. The molecule has 0 aromatic heterocycles. The molecular weight excluding hydrogens is 402 g/mol. The molecule has 2 aliphatic heterocycles. The second kappa shape index (κ2) is 6.71. The number of hydrogen-bond donors (Lipinski definition) is 0. The topological polar surface area (TPSA) is 12.5 Å². The van der Waals surface area contributed by atoms with Crippen molar-refractivity contribution in [2.24, 2.45) is 11.3 Å². The molecule has 2 spiro atoms. The molecule has 2 nitrogen and oxygen atoms in total. The van der Waals surface area contributed by atoms with E-state index in [1.165, 1.54) is 46.7 Å². The average molecular weight is 438 g/mol. The van der Waals surface area contributed by atoms with Crippen LogP contribution in [0.5, 0.6) is 0 Å². The van der Waals surface area contributed by atoms with Crippen molar-refractivity contribution in [2.45, 2.75) is 68.6 Å². The first kappa shape index (κ1) is 20.2. The molecule has 2 aromatic carbocycles. The Labute approximate surface area is 198 Å². The maximum absolute atomic E-state index is 7.38. The van der Waals surface area contributed by atoms with Crippen LogP contribution >= 0.6 is 0 Å². The maximum atomic E-state index is 7.38. The van der Waals surface area contributed by atoms with E-state index >= 15 is 0 Å². The molecule has 0 N–H and O–H groups in total. The summed E-state index contributed by atoms with van der Waals surface area (Å²) < 4.78 is 7.38. The van der Waals surface area contributed by atoms with Crippen LogP contribution in [-0.2, 0) is 4.74 Å². The molecule has 5 aliphatic rings. The minimum Gasteiger partial charge on any atom is -0.359 e. The fraction of sp³-hybridized carbons (Fsp3) is 0.484. The van der Waals surface area contributed by atoms with Crippen molar-refractivity contribution >= 4 is 10.8 Å². The number of rotatable bonds is 2. The number of hydrogen-bond acceptors (Lipinski definition) is 2. The second-order valence-corrected chi connectivity index (χ2v) is 11.8. The minimum atomic E-state index is -0.0830. The van der Waals surface area contributed by atoms with Crippen LogP contribution in [0.25, 0.3) is 10.8 Å². The molecule has 1 saturated carbocycles.